The van der Waals surface area contributed by atoms with Crippen molar-refractivity contribution in [3.05, 3.63) is 54.7 Å². The summed E-state index contributed by atoms with van der Waals surface area (Å²) in [7, 11) is 0. The van der Waals surface area contributed by atoms with Crippen LogP contribution in [0.15, 0.2) is 49.1 Å². The zero-order valence-corrected chi connectivity index (χ0v) is 12.5. The molecule has 3 aromatic rings. The van der Waals surface area contributed by atoms with Crippen molar-refractivity contribution >= 4 is 10.8 Å². The van der Waals surface area contributed by atoms with Crippen LogP contribution in [-0.4, -0.2) is 21.1 Å². The van der Waals surface area contributed by atoms with Gasteiger partial charge in [-0.2, -0.15) is 0 Å². The lowest BCUT2D eigenvalue weighted by Gasteiger charge is -2.11. The summed E-state index contributed by atoms with van der Waals surface area (Å²) in [5, 5.41) is 5.80. The number of hydrogen-bond acceptors (Lipinski definition) is 3. The minimum atomic E-state index is 0.638. The lowest BCUT2D eigenvalue weighted by molar-refractivity contribution is 0.548. The summed E-state index contributed by atoms with van der Waals surface area (Å²) in [6.45, 7) is 6.19. The first-order chi connectivity index (χ1) is 10.2. The Morgan fingerprint density at radius 3 is 2.86 bits per heavy atom. The summed E-state index contributed by atoms with van der Waals surface area (Å²) in [6, 6.07) is 10.5. The maximum atomic E-state index is 4.80. The van der Waals surface area contributed by atoms with Crippen LogP contribution < -0.4 is 5.32 Å². The molecule has 0 amide bonds. The number of pyridine rings is 1. The molecule has 4 nitrogen and oxygen atoms in total. The van der Waals surface area contributed by atoms with Gasteiger partial charge in [0, 0.05) is 24.3 Å². The van der Waals surface area contributed by atoms with Crippen molar-refractivity contribution in [2.75, 3.05) is 6.54 Å². The van der Waals surface area contributed by atoms with E-state index in [1.165, 1.54) is 5.39 Å². The van der Waals surface area contributed by atoms with Crippen molar-refractivity contribution in [2.45, 2.75) is 20.4 Å². The Kier molecular flexibility index (Phi) is 3.97. The highest BCUT2D eigenvalue weighted by Gasteiger charge is 2.07. The Morgan fingerprint density at radius 1 is 1.24 bits per heavy atom. The van der Waals surface area contributed by atoms with Crippen LogP contribution in [0.1, 0.15) is 19.5 Å². The van der Waals surface area contributed by atoms with Crippen LogP contribution >= 0.6 is 0 Å². The number of nitrogens with one attached hydrogen (secondary N) is 1. The number of benzene rings is 1. The molecule has 2 heterocycles. The van der Waals surface area contributed by atoms with Crippen LogP contribution in [0.5, 0.6) is 0 Å². The molecule has 0 atom stereocenters. The Morgan fingerprint density at radius 2 is 2.10 bits per heavy atom. The van der Waals surface area contributed by atoms with Gasteiger partial charge in [0.15, 0.2) is 0 Å². The Hall–Kier alpha value is -2.20. The van der Waals surface area contributed by atoms with Gasteiger partial charge in [0.1, 0.15) is 12.1 Å². The third-order valence-electron chi connectivity index (χ3n) is 3.38. The van der Waals surface area contributed by atoms with Gasteiger partial charge in [0.25, 0.3) is 0 Å². The summed E-state index contributed by atoms with van der Waals surface area (Å²) in [6.07, 6.45) is 5.50. The summed E-state index contributed by atoms with van der Waals surface area (Å²) in [5.74, 6) is 1.57. The summed E-state index contributed by atoms with van der Waals surface area (Å²) < 4.78 is 1.97. The van der Waals surface area contributed by atoms with Crippen LogP contribution in [-0.2, 0) is 6.54 Å². The molecule has 0 saturated carbocycles. The fraction of sp³-hybridized carbons (Fsp3) is 0.294. The van der Waals surface area contributed by atoms with E-state index < -0.39 is 0 Å². The lowest BCUT2D eigenvalue weighted by atomic mass is 10.1. The maximum Gasteiger partial charge on any atom is 0.146 e. The first kappa shape index (κ1) is 13.8. The van der Waals surface area contributed by atoms with Crippen LogP contribution in [0, 0.1) is 5.92 Å². The largest absolute Gasteiger partial charge is 0.311 e. The van der Waals surface area contributed by atoms with Crippen molar-refractivity contribution in [2.24, 2.45) is 5.92 Å². The second-order valence-electron chi connectivity index (χ2n) is 5.65. The third-order valence-corrected chi connectivity index (χ3v) is 3.38. The first-order valence-electron chi connectivity index (χ1n) is 7.32. The van der Waals surface area contributed by atoms with Gasteiger partial charge in [-0.1, -0.05) is 38.1 Å². The first-order valence-corrected chi connectivity index (χ1v) is 7.32. The van der Waals surface area contributed by atoms with Gasteiger partial charge < -0.3 is 5.32 Å². The molecule has 0 aliphatic carbocycles. The molecule has 21 heavy (non-hydrogen) atoms. The predicted molar refractivity (Wildman–Crippen MR) is 85.4 cm³/mol. The van der Waals surface area contributed by atoms with Crippen molar-refractivity contribution in [1.29, 1.82) is 0 Å². The molecule has 0 unspecified atom stereocenters. The van der Waals surface area contributed by atoms with E-state index in [-0.39, 0.29) is 0 Å². The second-order valence-corrected chi connectivity index (χ2v) is 5.65. The van der Waals surface area contributed by atoms with Gasteiger partial charge in [0.05, 0.1) is 5.69 Å². The molecule has 108 valence electrons. The minimum Gasteiger partial charge on any atom is -0.311 e. The van der Waals surface area contributed by atoms with Gasteiger partial charge in [0.2, 0.25) is 0 Å². The quantitative estimate of drug-likeness (QED) is 0.780. The fourth-order valence-corrected chi connectivity index (χ4v) is 2.40. The van der Waals surface area contributed by atoms with Gasteiger partial charge in [-0.15, -0.1) is 0 Å². The Balaban J connectivity index is 1.99. The summed E-state index contributed by atoms with van der Waals surface area (Å²) >= 11 is 0. The number of nitrogens with zero attached hydrogens (tertiary/aromatic N) is 3. The highest BCUT2D eigenvalue weighted by molar-refractivity contribution is 5.88. The fourth-order valence-electron chi connectivity index (χ4n) is 2.40. The van der Waals surface area contributed by atoms with E-state index in [9.17, 15) is 0 Å². The van der Waals surface area contributed by atoms with Gasteiger partial charge in [-0.3, -0.25) is 4.57 Å². The average Bonchev–Trinajstić information content (AvgIpc) is 3.00. The van der Waals surface area contributed by atoms with E-state index in [4.69, 9.17) is 4.98 Å². The number of hydrogen-bond donors (Lipinski definition) is 1. The topological polar surface area (TPSA) is 42.7 Å². The van der Waals surface area contributed by atoms with Gasteiger partial charge >= 0.3 is 0 Å². The Bertz CT molecular complexity index is 717. The smallest absolute Gasteiger partial charge is 0.146 e. The molecule has 0 aliphatic heterocycles. The van der Waals surface area contributed by atoms with Crippen molar-refractivity contribution < 1.29 is 0 Å². The molecule has 0 saturated heterocycles. The standard InChI is InChI=1S/C17H20N4/c1-13(2)10-19-11-15-9-14-5-3-4-6-16(14)17(20-15)21-8-7-18-12-21/h3-9,12-13,19H,10-11H2,1-2H3. The summed E-state index contributed by atoms with van der Waals surface area (Å²) in [5.41, 5.74) is 1.05. The van der Waals surface area contributed by atoms with Crippen LogP contribution in [0.25, 0.3) is 16.6 Å². The lowest BCUT2D eigenvalue weighted by Crippen LogP contribution is -2.20. The molecule has 0 bridgehead atoms. The predicted octanol–water partition coefficient (Wildman–Crippen LogP) is 3.17. The molecule has 0 radical (unpaired) electrons. The van der Waals surface area contributed by atoms with E-state index in [1.54, 1.807) is 12.5 Å². The number of imidazole rings is 1. The number of rotatable bonds is 5. The molecule has 3 rings (SSSR count). The third kappa shape index (κ3) is 3.11. The normalized spacial score (nSPS) is 11.4. The average molecular weight is 280 g/mol. The molecule has 1 N–H and O–H groups in total. The Labute approximate surface area is 124 Å². The van der Waals surface area contributed by atoms with E-state index in [1.807, 2.05) is 16.8 Å². The zero-order valence-electron chi connectivity index (χ0n) is 12.5. The molecular weight excluding hydrogens is 260 g/mol. The molecule has 0 aliphatic rings. The number of fused-ring (bicyclic) bond motifs is 1. The molecule has 1 aromatic carbocycles. The molecular formula is C17H20N4. The van der Waals surface area contributed by atoms with Gasteiger partial charge in [-0.05, 0) is 23.9 Å². The van der Waals surface area contributed by atoms with Crippen LogP contribution in [0.4, 0.5) is 0 Å². The van der Waals surface area contributed by atoms with E-state index in [0.717, 1.165) is 30.0 Å². The van der Waals surface area contributed by atoms with Crippen LogP contribution in [0.3, 0.4) is 0 Å². The number of aromatic nitrogens is 3. The SMILES string of the molecule is CC(C)CNCc1cc2ccccc2c(-n2ccnc2)n1. The van der Waals surface area contributed by atoms with Crippen molar-refractivity contribution in [3.63, 3.8) is 0 Å². The molecule has 4 heteroatoms. The van der Waals surface area contributed by atoms with Crippen molar-refractivity contribution in [3.8, 4) is 5.82 Å². The second kappa shape index (κ2) is 6.06. The van der Waals surface area contributed by atoms with E-state index in [2.05, 4.69) is 48.4 Å². The summed E-state index contributed by atoms with van der Waals surface area (Å²) in [4.78, 5) is 8.93. The maximum absolute atomic E-state index is 4.80. The molecule has 0 fully saturated rings. The monoisotopic (exact) mass is 280 g/mol. The van der Waals surface area contributed by atoms with Crippen molar-refractivity contribution in [1.82, 2.24) is 19.9 Å². The van der Waals surface area contributed by atoms with Gasteiger partial charge in [-0.25, -0.2) is 9.97 Å². The highest BCUT2D eigenvalue weighted by Crippen LogP contribution is 2.21. The highest BCUT2D eigenvalue weighted by atomic mass is 15.1. The minimum absolute atomic E-state index is 0.638. The molecule has 0 spiro atoms. The van der Waals surface area contributed by atoms with Crippen LogP contribution in [0.2, 0.25) is 0 Å². The van der Waals surface area contributed by atoms with E-state index in [0.29, 0.717) is 5.92 Å². The zero-order chi connectivity index (χ0) is 14.7. The van der Waals surface area contributed by atoms with E-state index >= 15 is 0 Å². The molecule has 2 aromatic heterocycles.